The third-order valence-electron chi connectivity index (χ3n) is 5.79. The van der Waals surface area contributed by atoms with Gasteiger partial charge < -0.3 is 30.7 Å². The van der Waals surface area contributed by atoms with Crippen LogP contribution in [0.5, 0.6) is 11.5 Å². The third-order valence-corrected chi connectivity index (χ3v) is 5.79. The summed E-state index contributed by atoms with van der Waals surface area (Å²) in [6, 6.07) is 15.8. The summed E-state index contributed by atoms with van der Waals surface area (Å²) in [5.41, 5.74) is 14.8. The van der Waals surface area contributed by atoms with E-state index in [2.05, 4.69) is 0 Å². The molecule has 0 bridgehead atoms. The highest BCUT2D eigenvalue weighted by Crippen LogP contribution is 2.31. The van der Waals surface area contributed by atoms with E-state index in [-0.39, 0.29) is 17.5 Å². The van der Waals surface area contributed by atoms with Gasteiger partial charge in [-0.05, 0) is 24.3 Å². The van der Waals surface area contributed by atoms with E-state index in [1.54, 1.807) is 60.4 Å². The van der Waals surface area contributed by atoms with Crippen LogP contribution in [0.2, 0.25) is 0 Å². The Hall–Kier alpha value is -4.27. The minimum absolute atomic E-state index is 0.0439. The fourth-order valence-corrected chi connectivity index (χ4v) is 3.86. The van der Waals surface area contributed by atoms with Crippen LogP contribution >= 0.6 is 0 Å². The van der Waals surface area contributed by atoms with Crippen molar-refractivity contribution in [3.8, 4) is 11.5 Å². The van der Waals surface area contributed by atoms with Gasteiger partial charge in [-0.15, -0.1) is 0 Å². The van der Waals surface area contributed by atoms with E-state index in [1.807, 2.05) is 32.3 Å². The topological polar surface area (TPSA) is 125 Å². The second-order valence-corrected chi connectivity index (χ2v) is 8.20. The van der Waals surface area contributed by atoms with Crippen LogP contribution in [0.1, 0.15) is 22.3 Å². The molecular formula is C26H31FN6O2. The Bertz CT molecular complexity index is 1150. The Kier molecular flexibility index (Phi) is 7.80. The van der Waals surface area contributed by atoms with Gasteiger partial charge in [0.2, 0.25) is 0 Å². The quantitative estimate of drug-likeness (QED) is 0.260. The van der Waals surface area contributed by atoms with Crippen LogP contribution in [0.15, 0.2) is 54.6 Å². The van der Waals surface area contributed by atoms with Gasteiger partial charge in [-0.1, -0.05) is 30.3 Å². The number of hydrogen-bond donors (Lipinski definition) is 4. The maximum Gasteiger partial charge on any atom is 0.169 e. The van der Waals surface area contributed by atoms with Crippen molar-refractivity contribution in [3.63, 3.8) is 0 Å². The number of nitrogens with one attached hydrogen (secondary N) is 2. The summed E-state index contributed by atoms with van der Waals surface area (Å²) in [6.45, 7) is 0.789. The number of hydrogen-bond acceptors (Lipinski definition) is 6. The molecule has 8 nitrogen and oxygen atoms in total. The predicted octanol–water partition coefficient (Wildman–Crippen LogP) is 3.68. The molecule has 0 saturated carbocycles. The number of rotatable bonds is 10. The first-order valence-corrected chi connectivity index (χ1v) is 10.9. The van der Waals surface area contributed by atoms with Crippen LogP contribution in [-0.2, 0) is 13.1 Å². The van der Waals surface area contributed by atoms with Crippen LogP contribution in [0.3, 0.4) is 0 Å². The van der Waals surface area contributed by atoms with Crippen molar-refractivity contribution in [1.82, 2.24) is 0 Å². The van der Waals surface area contributed by atoms with Crippen molar-refractivity contribution in [2.75, 3.05) is 38.1 Å². The van der Waals surface area contributed by atoms with Gasteiger partial charge in [-0.3, -0.25) is 10.8 Å². The molecule has 0 radical (unpaired) electrons. The first kappa shape index (κ1) is 25.4. The van der Waals surface area contributed by atoms with Crippen molar-refractivity contribution in [1.29, 1.82) is 10.8 Å². The van der Waals surface area contributed by atoms with E-state index in [4.69, 9.17) is 31.8 Å². The van der Waals surface area contributed by atoms with E-state index in [9.17, 15) is 0 Å². The van der Waals surface area contributed by atoms with Gasteiger partial charge in [0.25, 0.3) is 0 Å². The number of nitrogen functional groups attached to an aromatic ring is 2. The van der Waals surface area contributed by atoms with Crippen molar-refractivity contribution < 1.29 is 13.9 Å². The van der Waals surface area contributed by atoms with Crippen LogP contribution < -0.4 is 30.7 Å². The van der Waals surface area contributed by atoms with Gasteiger partial charge in [0.15, 0.2) is 5.82 Å². The zero-order valence-electron chi connectivity index (χ0n) is 20.4. The Morgan fingerprint density at radius 3 is 1.51 bits per heavy atom. The van der Waals surface area contributed by atoms with Gasteiger partial charge in [0.05, 0.1) is 25.6 Å². The molecule has 6 N–H and O–H groups in total. The largest absolute Gasteiger partial charge is 0.496 e. The molecule has 35 heavy (non-hydrogen) atoms. The smallest absolute Gasteiger partial charge is 0.169 e. The fourth-order valence-electron chi connectivity index (χ4n) is 3.86. The summed E-state index contributed by atoms with van der Waals surface area (Å²) >= 11 is 0. The number of anilines is 2. The summed E-state index contributed by atoms with van der Waals surface area (Å²) in [6.07, 6.45) is 0. The van der Waals surface area contributed by atoms with Crippen LogP contribution in [0.25, 0.3) is 0 Å². The Balaban J connectivity index is 1.84. The lowest BCUT2D eigenvalue weighted by molar-refractivity contribution is 0.409. The molecule has 9 heteroatoms. The van der Waals surface area contributed by atoms with E-state index in [0.29, 0.717) is 47.1 Å². The molecule has 0 saturated heterocycles. The normalized spacial score (nSPS) is 10.5. The minimum atomic E-state index is -0.351. The average Bonchev–Trinajstić information content (AvgIpc) is 2.84. The van der Waals surface area contributed by atoms with Crippen LogP contribution in [0.4, 0.5) is 15.8 Å². The van der Waals surface area contributed by atoms with Gasteiger partial charge in [0.1, 0.15) is 23.2 Å². The SMILES string of the molecule is COc1cc(C(=N)N)ccc1CN(C)c1cccc(N(C)Cc2ccc(C(=N)N)cc2OC)c1F. The van der Waals surface area contributed by atoms with Gasteiger partial charge in [0, 0.05) is 49.4 Å². The molecule has 0 aliphatic carbocycles. The summed E-state index contributed by atoms with van der Waals surface area (Å²) in [5.74, 6) is 0.727. The first-order valence-electron chi connectivity index (χ1n) is 10.9. The molecule has 0 spiro atoms. The summed E-state index contributed by atoms with van der Waals surface area (Å²) in [4.78, 5) is 3.61. The molecule has 0 unspecified atom stereocenters. The number of ether oxygens (including phenoxy) is 2. The van der Waals surface area contributed by atoms with E-state index in [0.717, 1.165) is 11.1 Å². The minimum Gasteiger partial charge on any atom is -0.496 e. The molecule has 0 aromatic heterocycles. The highest BCUT2D eigenvalue weighted by molar-refractivity contribution is 5.96. The van der Waals surface area contributed by atoms with E-state index >= 15 is 4.39 Å². The summed E-state index contributed by atoms with van der Waals surface area (Å²) in [5, 5.41) is 15.2. The molecule has 3 aromatic rings. The maximum atomic E-state index is 15.6. The predicted molar refractivity (Wildman–Crippen MR) is 139 cm³/mol. The lowest BCUT2D eigenvalue weighted by Gasteiger charge is -2.26. The van der Waals surface area contributed by atoms with Crippen LogP contribution in [-0.4, -0.2) is 40.0 Å². The molecule has 0 aliphatic heterocycles. The monoisotopic (exact) mass is 478 g/mol. The molecule has 3 aromatic carbocycles. The average molecular weight is 479 g/mol. The summed E-state index contributed by atoms with van der Waals surface area (Å²) < 4.78 is 26.6. The molecular weight excluding hydrogens is 447 g/mol. The molecule has 0 fully saturated rings. The van der Waals surface area contributed by atoms with Gasteiger partial charge >= 0.3 is 0 Å². The Morgan fingerprint density at radius 1 is 0.771 bits per heavy atom. The number of benzene rings is 3. The first-order chi connectivity index (χ1) is 16.7. The molecule has 3 rings (SSSR count). The number of nitrogens with two attached hydrogens (primary N) is 2. The second-order valence-electron chi connectivity index (χ2n) is 8.20. The zero-order valence-corrected chi connectivity index (χ0v) is 20.4. The van der Waals surface area contributed by atoms with Crippen molar-refractivity contribution in [2.45, 2.75) is 13.1 Å². The number of halogens is 1. The molecule has 0 aliphatic rings. The van der Waals surface area contributed by atoms with Gasteiger partial charge in [-0.2, -0.15) is 0 Å². The fraction of sp³-hybridized carbons (Fsp3) is 0.231. The molecule has 184 valence electrons. The Morgan fingerprint density at radius 2 is 1.17 bits per heavy atom. The molecule has 0 heterocycles. The van der Waals surface area contributed by atoms with E-state index < -0.39 is 0 Å². The molecule has 0 amide bonds. The zero-order chi connectivity index (χ0) is 25.7. The van der Waals surface area contributed by atoms with Gasteiger partial charge in [-0.25, -0.2) is 4.39 Å². The third kappa shape index (κ3) is 5.63. The molecule has 0 atom stereocenters. The maximum absolute atomic E-state index is 15.6. The lowest BCUT2D eigenvalue weighted by atomic mass is 10.1. The highest BCUT2D eigenvalue weighted by Gasteiger charge is 2.18. The van der Waals surface area contributed by atoms with Crippen molar-refractivity contribution in [2.24, 2.45) is 11.5 Å². The lowest BCUT2D eigenvalue weighted by Crippen LogP contribution is -2.22. The van der Waals surface area contributed by atoms with Crippen molar-refractivity contribution >= 4 is 23.0 Å². The highest BCUT2D eigenvalue weighted by atomic mass is 19.1. The number of amidine groups is 2. The van der Waals surface area contributed by atoms with Crippen LogP contribution in [0, 0.1) is 16.6 Å². The second kappa shape index (κ2) is 10.8. The summed E-state index contributed by atoms with van der Waals surface area (Å²) in [7, 11) is 6.72. The van der Waals surface area contributed by atoms with Crippen molar-refractivity contribution in [3.05, 3.63) is 82.7 Å². The number of nitrogens with zero attached hydrogens (tertiary/aromatic N) is 2. The van der Waals surface area contributed by atoms with E-state index in [1.165, 1.54) is 0 Å². The Labute approximate surface area is 204 Å². The standard InChI is InChI=1S/C26H31FN6O2/c1-32(14-18-10-8-16(25(28)29)12-22(18)34-3)20-6-5-7-21(24(20)27)33(2)15-19-11-9-17(26(30)31)13-23(19)35-4/h5-13H,14-15H2,1-4H3,(H3,28,29)(H3,30,31). The number of methoxy groups -OCH3 is 2.